The molecule has 26 heavy (non-hydrogen) atoms. The number of rotatable bonds is 4. The van der Waals surface area contributed by atoms with Crippen molar-refractivity contribution in [2.24, 2.45) is 0 Å². The number of hydrogen-bond donors (Lipinski definition) is 0. The number of ether oxygens (including phenoxy) is 2. The van der Waals surface area contributed by atoms with Crippen LogP contribution in [0.4, 0.5) is 4.39 Å². The molecule has 0 saturated heterocycles. The Hall–Kier alpha value is -2.63. The highest BCUT2D eigenvalue weighted by molar-refractivity contribution is 7.10. The molecule has 0 radical (unpaired) electrons. The first kappa shape index (κ1) is 16.8. The van der Waals surface area contributed by atoms with Gasteiger partial charge < -0.3 is 9.47 Å². The SMILES string of the molecule is O=C1/C(=C/c2cccs2)Oc2cc(OCc3ccc(F)cc3Cl)ccc21. The molecule has 2 aromatic carbocycles. The fourth-order valence-electron chi connectivity index (χ4n) is 2.56. The quantitative estimate of drug-likeness (QED) is 0.537. The summed E-state index contributed by atoms with van der Waals surface area (Å²) in [5.41, 5.74) is 1.17. The zero-order valence-electron chi connectivity index (χ0n) is 13.4. The topological polar surface area (TPSA) is 35.5 Å². The van der Waals surface area contributed by atoms with Gasteiger partial charge in [0.25, 0.3) is 0 Å². The highest BCUT2D eigenvalue weighted by atomic mass is 35.5. The average Bonchev–Trinajstić information content (AvgIpc) is 3.23. The van der Waals surface area contributed by atoms with E-state index in [0.717, 1.165) is 4.88 Å². The van der Waals surface area contributed by atoms with Crippen LogP contribution in [0.25, 0.3) is 6.08 Å². The van der Waals surface area contributed by atoms with Crippen LogP contribution in [0.2, 0.25) is 5.02 Å². The van der Waals surface area contributed by atoms with Gasteiger partial charge in [-0.15, -0.1) is 11.3 Å². The van der Waals surface area contributed by atoms with Crippen LogP contribution < -0.4 is 9.47 Å². The summed E-state index contributed by atoms with van der Waals surface area (Å²) < 4.78 is 24.5. The molecule has 0 spiro atoms. The number of allylic oxidation sites excluding steroid dienone is 1. The summed E-state index contributed by atoms with van der Waals surface area (Å²) >= 11 is 7.53. The highest BCUT2D eigenvalue weighted by Crippen LogP contribution is 2.35. The summed E-state index contributed by atoms with van der Waals surface area (Å²) in [7, 11) is 0. The molecule has 0 N–H and O–H groups in total. The lowest BCUT2D eigenvalue weighted by Gasteiger charge is -2.08. The van der Waals surface area contributed by atoms with E-state index in [-0.39, 0.29) is 12.4 Å². The molecule has 0 saturated carbocycles. The van der Waals surface area contributed by atoms with Crippen molar-refractivity contribution in [1.82, 2.24) is 0 Å². The van der Waals surface area contributed by atoms with Crippen molar-refractivity contribution in [2.45, 2.75) is 6.61 Å². The molecule has 1 aliphatic rings. The first-order chi connectivity index (χ1) is 12.6. The van der Waals surface area contributed by atoms with Crippen LogP contribution in [-0.4, -0.2) is 5.78 Å². The number of carbonyl (C=O) groups is 1. The van der Waals surface area contributed by atoms with Gasteiger partial charge in [-0.2, -0.15) is 0 Å². The van der Waals surface area contributed by atoms with Gasteiger partial charge in [-0.05, 0) is 35.7 Å². The third-order valence-electron chi connectivity index (χ3n) is 3.87. The zero-order valence-corrected chi connectivity index (χ0v) is 14.9. The van der Waals surface area contributed by atoms with Crippen molar-refractivity contribution in [3.8, 4) is 11.5 Å². The van der Waals surface area contributed by atoms with Crippen LogP contribution in [-0.2, 0) is 6.61 Å². The van der Waals surface area contributed by atoms with Gasteiger partial charge in [0.1, 0.15) is 23.9 Å². The van der Waals surface area contributed by atoms with Gasteiger partial charge in [-0.1, -0.05) is 23.7 Å². The summed E-state index contributed by atoms with van der Waals surface area (Å²) in [6, 6.07) is 13.0. The lowest BCUT2D eigenvalue weighted by atomic mass is 10.1. The molecule has 1 aromatic heterocycles. The van der Waals surface area contributed by atoms with Gasteiger partial charge in [0.2, 0.25) is 5.78 Å². The van der Waals surface area contributed by atoms with E-state index in [0.29, 0.717) is 33.4 Å². The Morgan fingerprint density at radius 3 is 2.85 bits per heavy atom. The molecule has 2 heterocycles. The number of halogens is 2. The van der Waals surface area contributed by atoms with E-state index < -0.39 is 5.82 Å². The fourth-order valence-corrected chi connectivity index (χ4v) is 3.43. The van der Waals surface area contributed by atoms with Crippen molar-refractivity contribution in [3.63, 3.8) is 0 Å². The number of hydrogen-bond acceptors (Lipinski definition) is 4. The molecule has 0 fully saturated rings. The van der Waals surface area contributed by atoms with E-state index >= 15 is 0 Å². The summed E-state index contributed by atoms with van der Waals surface area (Å²) in [5, 5.41) is 2.24. The summed E-state index contributed by atoms with van der Waals surface area (Å²) in [6.45, 7) is 0.184. The number of carbonyl (C=O) groups excluding carboxylic acids is 1. The highest BCUT2D eigenvalue weighted by Gasteiger charge is 2.27. The number of fused-ring (bicyclic) bond motifs is 1. The molecule has 3 aromatic rings. The minimum Gasteiger partial charge on any atom is -0.489 e. The Morgan fingerprint density at radius 1 is 1.19 bits per heavy atom. The van der Waals surface area contributed by atoms with E-state index in [9.17, 15) is 9.18 Å². The van der Waals surface area contributed by atoms with Crippen molar-refractivity contribution in [1.29, 1.82) is 0 Å². The number of thiophene rings is 1. The van der Waals surface area contributed by atoms with Gasteiger partial charge in [-0.25, -0.2) is 4.39 Å². The van der Waals surface area contributed by atoms with E-state index in [2.05, 4.69) is 0 Å². The van der Waals surface area contributed by atoms with Crippen LogP contribution in [0.15, 0.2) is 59.7 Å². The van der Waals surface area contributed by atoms with Crippen molar-refractivity contribution >= 4 is 34.8 Å². The molecular formula is C20H12ClFO3S. The predicted octanol–water partition coefficient (Wildman–Crippen LogP) is 5.74. The lowest BCUT2D eigenvalue weighted by Crippen LogP contribution is -1.97. The van der Waals surface area contributed by atoms with Gasteiger partial charge in [0, 0.05) is 22.6 Å². The molecule has 6 heteroatoms. The number of Topliss-reactive ketones (excluding diaryl/α,β-unsaturated/α-hetero) is 1. The van der Waals surface area contributed by atoms with E-state index in [1.165, 1.54) is 23.5 Å². The molecule has 0 aliphatic carbocycles. The standard InChI is InChI=1S/C20H12ClFO3S/c21-17-8-13(22)4-3-12(17)11-24-14-5-6-16-18(9-14)25-19(20(16)23)10-15-2-1-7-26-15/h1-10H,11H2/b19-10-. The molecular weight excluding hydrogens is 375 g/mol. The van der Waals surface area contributed by atoms with Gasteiger partial charge >= 0.3 is 0 Å². The van der Waals surface area contributed by atoms with E-state index in [1.54, 1.807) is 30.3 Å². The van der Waals surface area contributed by atoms with Gasteiger partial charge in [-0.3, -0.25) is 4.79 Å². The van der Waals surface area contributed by atoms with Crippen molar-refractivity contribution < 1.29 is 18.7 Å². The molecule has 1 aliphatic heterocycles. The first-order valence-corrected chi connectivity index (χ1v) is 9.04. The Labute approximate surface area is 158 Å². The fraction of sp³-hybridized carbons (Fsp3) is 0.0500. The molecule has 0 amide bonds. The summed E-state index contributed by atoms with van der Waals surface area (Å²) in [4.78, 5) is 13.4. The molecule has 3 nitrogen and oxygen atoms in total. The van der Waals surface area contributed by atoms with Crippen LogP contribution in [0.1, 0.15) is 20.8 Å². The third-order valence-corrected chi connectivity index (χ3v) is 5.04. The Bertz CT molecular complexity index is 1010. The number of benzene rings is 2. The summed E-state index contributed by atoms with van der Waals surface area (Å²) in [6.07, 6.45) is 1.73. The number of ketones is 1. The maximum atomic E-state index is 13.1. The Balaban J connectivity index is 1.51. The van der Waals surface area contributed by atoms with Crippen molar-refractivity contribution in [3.05, 3.63) is 86.5 Å². The zero-order chi connectivity index (χ0) is 18.1. The smallest absolute Gasteiger partial charge is 0.232 e. The van der Waals surface area contributed by atoms with Crippen LogP contribution in [0.5, 0.6) is 11.5 Å². The van der Waals surface area contributed by atoms with Crippen molar-refractivity contribution in [2.75, 3.05) is 0 Å². The second kappa shape index (κ2) is 6.94. The molecule has 4 rings (SSSR count). The third kappa shape index (κ3) is 3.36. The average molecular weight is 387 g/mol. The molecule has 130 valence electrons. The molecule has 0 atom stereocenters. The lowest BCUT2D eigenvalue weighted by molar-refractivity contribution is 0.101. The minimum atomic E-state index is -0.395. The van der Waals surface area contributed by atoms with Gasteiger partial charge in [0.15, 0.2) is 5.76 Å². The van der Waals surface area contributed by atoms with Crippen LogP contribution in [0.3, 0.4) is 0 Å². The first-order valence-electron chi connectivity index (χ1n) is 7.79. The monoisotopic (exact) mass is 386 g/mol. The maximum Gasteiger partial charge on any atom is 0.232 e. The molecule has 0 bridgehead atoms. The van der Waals surface area contributed by atoms with E-state index in [4.69, 9.17) is 21.1 Å². The predicted molar refractivity (Wildman–Crippen MR) is 99.4 cm³/mol. The van der Waals surface area contributed by atoms with E-state index in [1.807, 2.05) is 17.5 Å². The largest absolute Gasteiger partial charge is 0.489 e. The second-order valence-electron chi connectivity index (χ2n) is 5.64. The van der Waals surface area contributed by atoms with Gasteiger partial charge in [0.05, 0.1) is 10.6 Å². The Kier molecular flexibility index (Phi) is 4.49. The summed E-state index contributed by atoms with van der Waals surface area (Å²) in [5.74, 6) is 0.741. The Morgan fingerprint density at radius 2 is 2.08 bits per heavy atom. The second-order valence-corrected chi connectivity index (χ2v) is 7.02. The van der Waals surface area contributed by atoms with Crippen LogP contribution in [0, 0.1) is 5.82 Å². The minimum absolute atomic E-state index is 0.151. The van der Waals surface area contributed by atoms with Crippen LogP contribution >= 0.6 is 22.9 Å². The molecule has 0 unspecified atom stereocenters. The maximum absolute atomic E-state index is 13.1. The normalized spacial score (nSPS) is 14.4.